The van der Waals surface area contributed by atoms with Crippen molar-refractivity contribution in [2.45, 2.75) is 59.2 Å². The van der Waals surface area contributed by atoms with Gasteiger partial charge in [0.2, 0.25) is 0 Å². The maximum atomic E-state index is 12.6. The van der Waals surface area contributed by atoms with E-state index >= 15 is 0 Å². The van der Waals surface area contributed by atoms with E-state index < -0.39 is 0 Å². The molecule has 0 radical (unpaired) electrons. The highest BCUT2D eigenvalue weighted by Gasteiger charge is 2.20. The monoisotopic (exact) mass is 190 g/mol. The Kier molecular flexibility index (Phi) is 5.54. The normalized spacial score (nSPS) is 17.1. The van der Waals surface area contributed by atoms with Gasteiger partial charge in [0.15, 0.2) is 0 Å². The van der Waals surface area contributed by atoms with Crippen molar-refractivity contribution in [2.24, 2.45) is 5.92 Å². The van der Waals surface area contributed by atoms with Gasteiger partial charge < -0.3 is 4.74 Å². The van der Waals surface area contributed by atoms with Crippen LogP contribution in [0.1, 0.15) is 47.5 Å². The minimum atomic E-state index is -0.373. The molecule has 0 saturated carbocycles. The molecular weight excluding hydrogens is 167 g/mol. The van der Waals surface area contributed by atoms with Crippen LogP contribution in [0.15, 0.2) is 0 Å². The van der Waals surface area contributed by atoms with Crippen LogP contribution >= 0.6 is 0 Å². The van der Waals surface area contributed by atoms with Crippen molar-refractivity contribution in [1.82, 2.24) is 0 Å². The number of halogens is 1. The summed E-state index contributed by atoms with van der Waals surface area (Å²) >= 11 is 0. The van der Waals surface area contributed by atoms with Crippen LogP contribution < -0.4 is 0 Å². The number of hydrogen-bond donors (Lipinski definition) is 0. The van der Waals surface area contributed by atoms with Gasteiger partial charge >= 0.3 is 0 Å². The third-order valence-corrected chi connectivity index (χ3v) is 2.05. The molecule has 0 aromatic carbocycles. The molecule has 80 valence electrons. The first-order valence-electron chi connectivity index (χ1n) is 5.12. The lowest BCUT2D eigenvalue weighted by Gasteiger charge is -2.27. The summed E-state index contributed by atoms with van der Waals surface area (Å²) in [5.74, 6) is 0.545. The van der Waals surface area contributed by atoms with Crippen LogP contribution in [0.2, 0.25) is 0 Å². The highest BCUT2D eigenvalue weighted by molar-refractivity contribution is 4.67. The second-order valence-corrected chi connectivity index (χ2v) is 4.76. The van der Waals surface area contributed by atoms with Gasteiger partial charge in [0.1, 0.15) is 6.67 Å². The van der Waals surface area contributed by atoms with Gasteiger partial charge in [-0.2, -0.15) is 0 Å². The quantitative estimate of drug-likeness (QED) is 0.644. The molecule has 0 heterocycles. The maximum absolute atomic E-state index is 12.6. The van der Waals surface area contributed by atoms with E-state index in [1.807, 2.05) is 20.8 Å². The van der Waals surface area contributed by atoms with Gasteiger partial charge in [-0.3, -0.25) is 0 Å². The molecule has 2 unspecified atom stereocenters. The summed E-state index contributed by atoms with van der Waals surface area (Å²) in [6.07, 6.45) is 1.68. The predicted octanol–water partition coefficient (Wildman–Crippen LogP) is 3.58. The molecule has 0 aliphatic carbocycles. The first-order chi connectivity index (χ1) is 5.89. The topological polar surface area (TPSA) is 9.23 Å². The van der Waals surface area contributed by atoms with Crippen LogP contribution in [0, 0.1) is 5.92 Å². The van der Waals surface area contributed by atoms with Gasteiger partial charge in [-0.15, -0.1) is 0 Å². The first kappa shape index (κ1) is 12.9. The number of ether oxygens (including phenoxy) is 1. The van der Waals surface area contributed by atoms with Crippen molar-refractivity contribution in [3.8, 4) is 0 Å². The van der Waals surface area contributed by atoms with E-state index in [4.69, 9.17) is 4.74 Å². The fourth-order valence-corrected chi connectivity index (χ4v) is 1.26. The van der Waals surface area contributed by atoms with Gasteiger partial charge in [0, 0.05) is 0 Å². The third kappa shape index (κ3) is 7.00. The van der Waals surface area contributed by atoms with E-state index in [9.17, 15) is 4.39 Å². The van der Waals surface area contributed by atoms with Crippen LogP contribution in [0.4, 0.5) is 4.39 Å². The fourth-order valence-electron chi connectivity index (χ4n) is 1.26. The molecule has 0 spiro atoms. The van der Waals surface area contributed by atoms with Crippen molar-refractivity contribution >= 4 is 0 Å². The smallest absolute Gasteiger partial charge is 0.116 e. The minimum absolute atomic E-state index is 0.227. The Morgan fingerprint density at radius 3 is 2.15 bits per heavy atom. The number of rotatable bonds is 5. The summed E-state index contributed by atoms with van der Waals surface area (Å²) in [7, 11) is 0. The lowest BCUT2D eigenvalue weighted by Crippen LogP contribution is -2.30. The molecular formula is C11H23FO. The average Bonchev–Trinajstić information content (AvgIpc) is 2.00. The maximum Gasteiger partial charge on any atom is 0.116 e. The largest absolute Gasteiger partial charge is 0.370 e. The summed E-state index contributed by atoms with van der Waals surface area (Å²) < 4.78 is 18.1. The highest BCUT2D eigenvalue weighted by atomic mass is 19.1. The first-order valence-corrected chi connectivity index (χ1v) is 5.12. The predicted molar refractivity (Wildman–Crippen MR) is 54.7 cm³/mol. The van der Waals surface area contributed by atoms with Gasteiger partial charge in [-0.05, 0) is 33.1 Å². The Hall–Kier alpha value is -0.110. The van der Waals surface area contributed by atoms with Gasteiger partial charge in [0.25, 0.3) is 0 Å². The minimum Gasteiger partial charge on any atom is -0.370 e. The van der Waals surface area contributed by atoms with Gasteiger partial charge in [0.05, 0.1) is 11.7 Å². The Morgan fingerprint density at radius 2 is 1.85 bits per heavy atom. The molecule has 0 N–H and O–H groups in total. The summed E-state index contributed by atoms with van der Waals surface area (Å²) in [4.78, 5) is 0. The van der Waals surface area contributed by atoms with Crippen LogP contribution in [-0.4, -0.2) is 18.4 Å². The van der Waals surface area contributed by atoms with Crippen LogP contribution in [-0.2, 0) is 4.74 Å². The summed E-state index contributed by atoms with van der Waals surface area (Å²) in [6.45, 7) is 9.78. The van der Waals surface area contributed by atoms with Crippen molar-refractivity contribution in [3.63, 3.8) is 0 Å². The highest BCUT2D eigenvalue weighted by Crippen LogP contribution is 2.18. The van der Waals surface area contributed by atoms with Crippen molar-refractivity contribution in [3.05, 3.63) is 0 Å². The molecule has 2 heteroatoms. The Balaban J connectivity index is 3.89. The Morgan fingerprint density at radius 1 is 1.31 bits per heavy atom. The zero-order chi connectivity index (χ0) is 10.5. The molecule has 0 bridgehead atoms. The zero-order valence-electron chi connectivity index (χ0n) is 9.56. The molecule has 0 fully saturated rings. The second kappa shape index (κ2) is 5.58. The van der Waals surface area contributed by atoms with Gasteiger partial charge in [-0.25, -0.2) is 4.39 Å². The van der Waals surface area contributed by atoms with E-state index in [0.717, 1.165) is 12.8 Å². The summed E-state index contributed by atoms with van der Waals surface area (Å²) in [6, 6.07) is 0. The SMILES string of the molecule is CCC(C)CC(CF)OC(C)(C)C. The molecule has 0 saturated heterocycles. The van der Waals surface area contributed by atoms with Crippen LogP contribution in [0.5, 0.6) is 0 Å². The molecule has 13 heavy (non-hydrogen) atoms. The van der Waals surface area contributed by atoms with E-state index in [-0.39, 0.29) is 18.4 Å². The summed E-state index contributed by atoms with van der Waals surface area (Å²) in [5.41, 5.74) is -0.232. The van der Waals surface area contributed by atoms with Crippen LogP contribution in [0.3, 0.4) is 0 Å². The lowest BCUT2D eigenvalue weighted by molar-refractivity contribution is -0.0765. The van der Waals surface area contributed by atoms with Gasteiger partial charge in [-0.1, -0.05) is 20.3 Å². The zero-order valence-corrected chi connectivity index (χ0v) is 9.56. The second-order valence-electron chi connectivity index (χ2n) is 4.76. The number of alkyl halides is 1. The van der Waals surface area contributed by atoms with E-state index in [0.29, 0.717) is 5.92 Å². The summed E-state index contributed by atoms with van der Waals surface area (Å²) in [5, 5.41) is 0. The molecule has 2 atom stereocenters. The molecule has 0 aliphatic rings. The van der Waals surface area contributed by atoms with Crippen LogP contribution in [0.25, 0.3) is 0 Å². The average molecular weight is 190 g/mol. The van der Waals surface area contributed by atoms with Crippen molar-refractivity contribution < 1.29 is 9.13 Å². The Labute approximate surface area is 81.7 Å². The van der Waals surface area contributed by atoms with E-state index in [1.54, 1.807) is 0 Å². The molecule has 0 amide bonds. The molecule has 0 aromatic heterocycles. The van der Waals surface area contributed by atoms with Crippen molar-refractivity contribution in [2.75, 3.05) is 6.67 Å². The molecule has 0 aliphatic heterocycles. The fraction of sp³-hybridized carbons (Fsp3) is 1.00. The number of hydrogen-bond acceptors (Lipinski definition) is 1. The molecule has 0 aromatic rings. The lowest BCUT2D eigenvalue weighted by atomic mass is 10.0. The molecule has 0 rings (SSSR count). The van der Waals surface area contributed by atoms with Crippen molar-refractivity contribution in [1.29, 1.82) is 0 Å². The van der Waals surface area contributed by atoms with E-state index in [1.165, 1.54) is 0 Å². The Bertz CT molecular complexity index is 129. The standard InChI is InChI=1S/C11H23FO/c1-6-9(2)7-10(8-12)13-11(3,4)5/h9-10H,6-8H2,1-5H3. The molecule has 1 nitrogen and oxygen atoms in total. The van der Waals surface area contributed by atoms with E-state index in [2.05, 4.69) is 13.8 Å². The third-order valence-electron chi connectivity index (χ3n) is 2.05.